The Morgan fingerprint density at radius 3 is 2.57 bits per heavy atom. The van der Waals surface area contributed by atoms with Gasteiger partial charge in [0.2, 0.25) is 0 Å². The number of nitrogens with one attached hydrogen (secondary N) is 1. The fourth-order valence-corrected chi connectivity index (χ4v) is 2.82. The van der Waals surface area contributed by atoms with Crippen molar-refractivity contribution in [2.45, 2.75) is 13.0 Å². The van der Waals surface area contributed by atoms with E-state index in [4.69, 9.17) is 16.3 Å². The molecular weight excluding hydrogens is 384 g/mol. The minimum absolute atomic E-state index is 0.00254. The summed E-state index contributed by atoms with van der Waals surface area (Å²) >= 11 is 5.93. The van der Waals surface area contributed by atoms with Crippen molar-refractivity contribution >= 4 is 45.6 Å². The van der Waals surface area contributed by atoms with Crippen molar-refractivity contribution in [2.75, 3.05) is 5.32 Å². The number of hydrogen-bond acceptors (Lipinski definition) is 5. The maximum atomic E-state index is 12.5. The SMILES string of the molecule is C[C@H](OC(=O)c1cc([N+](=O)[O-])ccc1Cl)C(=O)Nc1cccc2ccccc12. The molecule has 3 rings (SSSR count). The van der Waals surface area contributed by atoms with Crippen LogP contribution in [0.2, 0.25) is 5.02 Å². The Morgan fingerprint density at radius 1 is 1.11 bits per heavy atom. The molecule has 0 saturated carbocycles. The second-order valence-electron chi connectivity index (χ2n) is 5.98. The average molecular weight is 399 g/mol. The molecule has 0 aliphatic carbocycles. The van der Waals surface area contributed by atoms with E-state index in [1.54, 1.807) is 12.1 Å². The molecule has 28 heavy (non-hydrogen) atoms. The summed E-state index contributed by atoms with van der Waals surface area (Å²) in [5.41, 5.74) is 0.101. The highest BCUT2D eigenvalue weighted by molar-refractivity contribution is 6.33. The van der Waals surface area contributed by atoms with Crippen molar-refractivity contribution in [2.24, 2.45) is 0 Å². The van der Waals surface area contributed by atoms with Gasteiger partial charge in [-0.1, -0.05) is 48.0 Å². The molecule has 0 aliphatic heterocycles. The summed E-state index contributed by atoms with van der Waals surface area (Å²) < 4.78 is 5.14. The maximum absolute atomic E-state index is 12.5. The van der Waals surface area contributed by atoms with Gasteiger partial charge in [-0.15, -0.1) is 0 Å². The highest BCUT2D eigenvalue weighted by Gasteiger charge is 2.23. The number of nitro benzene ring substituents is 1. The zero-order chi connectivity index (χ0) is 20.3. The zero-order valence-electron chi connectivity index (χ0n) is 14.7. The number of rotatable bonds is 5. The Bertz CT molecular complexity index is 1080. The van der Waals surface area contributed by atoms with Crippen molar-refractivity contribution in [3.8, 4) is 0 Å². The first-order chi connectivity index (χ1) is 13.4. The molecule has 0 unspecified atom stereocenters. The third-order valence-electron chi connectivity index (χ3n) is 4.08. The molecule has 1 atom stereocenters. The van der Waals surface area contributed by atoms with E-state index in [0.29, 0.717) is 5.69 Å². The summed E-state index contributed by atoms with van der Waals surface area (Å²) in [4.78, 5) is 35.0. The molecule has 0 bridgehead atoms. The topological polar surface area (TPSA) is 98.5 Å². The fourth-order valence-electron chi connectivity index (χ4n) is 2.63. The number of ether oxygens (including phenoxy) is 1. The fraction of sp³-hybridized carbons (Fsp3) is 0.100. The number of benzene rings is 3. The zero-order valence-corrected chi connectivity index (χ0v) is 15.5. The molecular formula is C20H15ClN2O5. The van der Waals surface area contributed by atoms with Gasteiger partial charge >= 0.3 is 5.97 Å². The van der Waals surface area contributed by atoms with Crippen LogP contribution in [0.5, 0.6) is 0 Å². The van der Waals surface area contributed by atoms with Gasteiger partial charge < -0.3 is 10.1 Å². The second-order valence-corrected chi connectivity index (χ2v) is 6.39. The quantitative estimate of drug-likeness (QED) is 0.385. The lowest BCUT2D eigenvalue weighted by atomic mass is 10.1. The number of anilines is 1. The standard InChI is InChI=1S/C20H15ClN2O5/c1-12(28-20(25)16-11-14(23(26)27)9-10-17(16)21)19(24)22-18-8-4-6-13-5-2-3-7-15(13)18/h2-12H,1H3,(H,22,24)/t12-/m0/s1. The van der Waals surface area contributed by atoms with E-state index in [1.165, 1.54) is 19.1 Å². The lowest BCUT2D eigenvalue weighted by Gasteiger charge is -2.15. The summed E-state index contributed by atoms with van der Waals surface area (Å²) in [5.74, 6) is -1.46. The molecule has 0 radical (unpaired) electrons. The van der Waals surface area contributed by atoms with E-state index >= 15 is 0 Å². The molecule has 7 nitrogen and oxygen atoms in total. The molecule has 0 aliphatic rings. The lowest BCUT2D eigenvalue weighted by molar-refractivity contribution is -0.384. The number of carbonyl (C=O) groups is 2. The lowest BCUT2D eigenvalue weighted by Crippen LogP contribution is -2.30. The van der Waals surface area contributed by atoms with Crippen molar-refractivity contribution in [1.82, 2.24) is 0 Å². The van der Waals surface area contributed by atoms with Crippen LogP contribution in [0.3, 0.4) is 0 Å². The molecule has 0 fully saturated rings. The van der Waals surface area contributed by atoms with Crippen molar-refractivity contribution in [1.29, 1.82) is 0 Å². The van der Waals surface area contributed by atoms with Crippen LogP contribution in [0.25, 0.3) is 10.8 Å². The first-order valence-electron chi connectivity index (χ1n) is 8.30. The number of amides is 1. The molecule has 3 aromatic carbocycles. The summed E-state index contributed by atoms with van der Waals surface area (Å²) in [5, 5.41) is 15.4. The molecule has 0 heterocycles. The predicted octanol–water partition coefficient (Wildman–Crippen LogP) is 4.59. The Kier molecular flexibility index (Phi) is 5.56. The van der Waals surface area contributed by atoms with Gasteiger partial charge in [-0.3, -0.25) is 14.9 Å². The highest BCUT2D eigenvalue weighted by atomic mass is 35.5. The predicted molar refractivity (Wildman–Crippen MR) is 106 cm³/mol. The Balaban J connectivity index is 1.75. The van der Waals surface area contributed by atoms with Gasteiger partial charge in [0.25, 0.3) is 11.6 Å². The van der Waals surface area contributed by atoms with Crippen LogP contribution in [-0.4, -0.2) is 22.9 Å². The minimum Gasteiger partial charge on any atom is -0.449 e. The maximum Gasteiger partial charge on any atom is 0.340 e. The third kappa shape index (κ3) is 4.10. The Hall–Kier alpha value is -3.45. The van der Waals surface area contributed by atoms with Gasteiger partial charge in [0, 0.05) is 23.2 Å². The monoisotopic (exact) mass is 398 g/mol. The highest BCUT2D eigenvalue weighted by Crippen LogP contribution is 2.25. The van der Waals surface area contributed by atoms with Crippen LogP contribution >= 0.6 is 11.6 Å². The summed E-state index contributed by atoms with van der Waals surface area (Å²) in [6, 6.07) is 16.4. The first-order valence-corrected chi connectivity index (χ1v) is 8.68. The van der Waals surface area contributed by atoms with Crippen molar-refractivity contribution in [3.05, 3.63) is 81.4 Å². The van der Waals surface area contributed by atoms with E-state index in [9.17, 15) is 19.7 Å². The number of nitrogens with zero attached hydrogens (tertiary/aromatic N) is 1. The van der Waals surface area contributed by atoms with Crippen molar-refractivity contribution < 1.29 is 19.2 Å². The smallest absolute Gasteiger partial charge is 0.340 e. The molecule has 3 aromatic rings. The second kappa shape index (κ2) is 8.06. The van der Waals surface area contributed by atoms with Crippen LogP contribution in [0, 0.1) is 10.1 Å². The minimum atomic E-state index is -1.14. The largest absolute Gasteiger partial charge is 0.449 e. The van der Waals surface area contributed by atoms with Crippen LogP contribution in [0.1, 0.15) is 17.3 Å². The van der Waals surface area contributed by atoms with E-state index in [0.717, 1.165) is 16.8 Å². The van der Waals surface area contributed by atoms with Gasteiger partial charge in [-0.25, -0.2) is 4.79 Å². The normalized spacial score (nSPS) is 11.6. The number of fused-ring (bicyclic) bond motifs is 1. The van der Waals surface area contributed by atoms with E-state index in [2.05, 4.69) is 5.32 Å². The molecule has 1 amide bonds. The third-order valence-corrected chi connectivity index (χ3v) is 4.41. The number of non-ortho nitro benzene ring substituents is 1. The molecule has 0 aromatic heterocycles. The van der Waals surface area contributed by atoms with Gasteiger partial charge in [-0.05, 0) is 24.4 Å². The van der Waals surface area contributed by atoms with Gasteiger partial charge in [0.05, 0.1) is 15.5 Å². The Morgan fingerprint density at radius 2 is 1.82 bits per heavy atom. The number of halogens is 1. The Labute approximate surface area is 165 Å². The average Bonchev–Trinajstić information content (AvgIpc) is 2.68. The molecule has 8 heteroatoms. The molecule has 1 N–H and O–H groups in total. The van der Waals surface area contributed by atoms with Gasteiger partial charge in [0.1, 0.15) is 0 Å². The van der Waals surface area contributed by atoms with E-state index in [1.807, 2.05) is 30.3 Å². The van der Waals surface area contributed by atoms with Crippen LogP contribution in [0.4, 0.5) is 11.4 Å². The van der Waals surface area contributed by atoms with Gasteiger partial charge in [0.15, 0.2) is 6.10 Å². The van der Waals surface area contributed by atoms with Crippen LogP contribution in [-0.2, 0) is 9.53 Å². The molecule has 0 spiro atoms. The van der Waals surface area contributed by atoms with Crippen molar-refractivity contribution in [3.63, 3.8) is 0 Å². The number of nitro groups is 1. The molecule has 142 valence electrons. The summed E-state index contributed by atoms with van der Waals surface area (Å²) in [6.45, 7) is 1.41. The van der Waals surface area contributed by atoms with E-state index < -0.39 is 22.9 Å². The first kappa shape index (κ1) is 19.3. The van der Waals surface area contributed by atoms with Crippen LogP contribution in [0.15, 0.2) is 60.7 Å². The van der Waals surface area contributed by atoms with E-state index in [-0.39, 0.29) is 16.3 Å². The van der Waals surface area contributed by atoms with Gasteiger partial charge in [-0.2, -0.15) is 0 Å². The van der Waals surface area contributed by atoms with Crippen LogP contribution < -0.4 is 5.32 Å². The summed E-state index contributed by atoms with van der Waals surface area (Å²) in [6.07, 6.45) is -1.14. The molecule has 0 saturated heterocycles. The number of hydrogen-bond donors (Lipinski definition) is 1. The number of esters is 1. The number of carbonyl (C=O) groups excluding carboxylic acids is 2. The summed E-state index contributed by atoms with van der Waals surface area (Å²) in [7, 11) is 0.